The molecule has 2 aromatic rings. The average Bonchev–Trinajstić information content (AvgIpc) is 3.15. The third kappa shape index (κ3) is 2.84. The largest absolute Gasteiger partial charge is 0.336 e. The third-order valence-corrected chi connectivity index (χ3v) is 5.17. The minimum atomic E-state index is 0.172. The average molecular weight is 309 g/mol. The number of piperazine rings is 1. The molecule has 0 aliphatic carbocycles. The molecule has 2 aliphatic heterocycles. The predicted octanol–water partition coefficient (Wildman–Crippen LogP) is 1.96. The van der Waals surface area contributed by atoms with Gasteiger partial charge in [-0.2, -0.15) is 0 Å². The molecule has 2 fully saturated rings. The molecule has 2 aliphatic rings. The molecule has 0 bridgehead atoms. The van der Waals surface area contributed by atoms with Gasteiger partial charge in [0.05, 0.1) is 0 Å². The number of amides is 1. The molecule has 2 saturated heterocycles. The molecule has 4 nitrogen and oxygen atoms in total. The standard InChI is InChI=1S/C19H23N3O/c23-19(18-7-3-5-15-4-1-2-6-17(15)18)22-12-10-21(11-13-22)16-8-9-20-14-16/h1-7,16,20H,8-14H2. The van der Waals surface area contributed by atoms with Gasteiger partial charge in [-0.1, -0.05) is 36.4 Å². The van der Waals surface area contributed by atoms with Gasteiger partial charge in [0.15, 0.2) is 0 Å². The second-order valence-corrected chi connectivity index (χ2v) is 6.50. The van der Waals surface area contributed by atoms with Crippen molar-refractivity contribution in [2.75, 3.05) is 39.3 Å². The van der Waals surface area contributed by atoms with E-state index in [1.165, 1.54) is 6.42 Å². The molecule has 1 unspecified atom stereocenters. The Morgan fingerprint density at radius 3 is 2.57 bits per heavy atom. The van der Waals surface area contributed by atoms with Gasteiger partial charge in [-0.15, -0.1) is 0 Å². The van der Waals surface area contributed by atoms with Gasteiger partial charge in [0.25, 0.3) is 5.91 Å². The Kier molecular flexibility index (Phi) is 4.02. The molecule has 23 heavy (non-hydrogen) atoms. The zero-order chi connectivity index (χ0) is 15.6. The van der Waals surface area contributed by atoms with E-state index in [9.17, 15) is 4.79 Å². The molecular weight excluding hydrogens is 286 g/mol. The van der Waals surface area contributed by atoms with E-state index in [1.54, 1.807) is 0 Å². The molecule has 1 amide bonds. The Balaban J connectivity index is 1.49. The summed E-state index contributed by atoms with van der Waals surface area (Å²) in [5.41, 5.74) is 0.832. The number of benzene rings is 2. The van der Waals surface area contributed by atoms with Crippen molar-refractivity contribution in [3.05, 3.63) is 48.0 Å². The maximum Gasteiger partial charge on any atom is 0.254 e. The van der Waals surface area contributed by atoms with Crippen molar-refractivity contribution in [3.8, 4) is 0 Å². The monoisotopic (exact) mass is 309 g/mol. The first kappa shape index (κ1) is 14.7. The minimum Gasteiger partial charge on any atom is -0.336 e. The van der Waals surface area contributed by atoms with Crippen LogP contribution < -0.4 is 5.32 Å². The van der Waals surface area contributed by atoms with Crippen molar-refractivity contribution in [1.29, 1.82) is 0 Å². The summed E-state index contributed by atoms with van der Waals surface area (Å²) in [7, 11) is 0. The maximum absolute atomic E-state index is 12.9. The topological polar surface area (TPSA) is 35.6 Å². The lowest BCUT2D eigenvalue weighted by Crippen LogP contribution is -2.52. The highest BCUT2D eigenvalue weighted by molar-refractivity contribution is 6.07. The van der Waals surface area contributed by atoms with Crippen LogP contribution in [-0.4, -0.2) is 61.0 Å². The van der Waals surface area contributed by atoms with Crippen LogP contribution in [0, 0.1) is 0 Å². The number of nitrogens with zero attached hydrogens (tertiary/aromatic N) is 2. The fourth-order valence-corrected chi connectivity index (χ4v) is 3.82. The van der Waals surface area contributed by atoms with Crippen LogP contribution in [0.1, 0.15) is 16.8 Å². The van der Waals surface area contributed by atoms with E-state index in [1.807, 2.05) is 35.2 Å². The quantitative estimate of drug-likeness (QED) is 0.921. The molecule has 2 aromatic carbocycles. The number of nitrogens with one attached hydrogen (secondary N) is 1. The summed E-state index contributed by atoms with van der Waals surface area (Å²) < 4.78 is 0. The van der Waals surface area contributed by atoms with Crippen molar-refractivity contribution in [1.82, 2.24) is 15.1 Å². The van der Waals surface area contributed by atoms with Gasteiger partial charge < -0.3 is 10.2 Å². The number of rotatable bonds is 2. The van der Waals surface area contributed by atoms with Crippen LogP contribution in [-0.2, 0) is 0 Å². The van der Waals surface area contributed by atoms with Crippen molar-refractivity contribution in [2.45, 2.75) is 12.5 Å². The van der Waals surface area contributed by atoms with Crippen LogP contribution in [0.5, 0.6) is 0 Å². The first-order valence-electron chi connectivity index (χ1n) is 8.55. The minimum absolute atomic E-state index is 0.172. The highest BCUT2D eigenvalue weighted by Gasteiger charge is 2.28. The lowest BCUT2D eigenvalue weighted by atomic mass is 10.0. The summed E-state index contributed by atoms with van der Waals surface area (Å²) in [5.74, 6) is 0.172. The zero-order valence-corrected chi connectivity index (χ0v) is 13.4. The van der Waals surface area contributed by atoms with E-state index in [-0.39, 0.29) is 5.91 Å². The van der Waals surface area contributed by atoms with E-state index >= 15 is 0 Å². The Morgan fingerprint density at radius 2 is 1.78 bits per heavy atom. The van der Waals surface area contributed by atoms with Crippen LogP contribution in [0.15, 0.2) is 42.5 Å². The second-order valence-electron chi connectivity index (χ2n) is 6.50. The predicted molar refractivity (Wildman–Crippen MR) is 92.7 cm³/mol. The lowest BCUT2D eigenvalue weighted by molar-refractivity contribution is 0.0585. The van der Waals surface area contributed by atoms with E-state index in [4.69, 9.17) is 0 Å². The summed E-state index contributed by atoms with van der Waals surface area (Å²) in [4.78, 5) is 17.5. The Bertz CT molecular complexity index is 695. The normalized spacial score (nSPS) is 22.6. The molecule has 1 N–H and O–H groups in total. The van der Waals surface area contributed by atoms with Gasteiger partial charge in [0, 0.05) is 44.3 Å². The van der Waals surface area contributed by atoms with Gasteiger partial charge in [0.2, 0.25) is 0 Å². The summed E-state index contributed by atoms with van der Waals surface area (Å²) in [5, 5.41) is 5.62. The van der Waals surface area contributed by atoms with Crippen LogP contribution in [0.4, 0.5) is 0 Å². The van der Waals surface area contributed by atoms with Gasteiger partial charge in [-0.05, 0) is 29.8 Å². The number of hydrogen-bond donors (Lipinski definition) is 1. The molecular formula is C19H23N3O. The Hall–Kier alpha value is -1.91. The number of fused-ring (bicyclic) bond motifs is 1. The second kappa shape index (κ2) is 6.30. The molecule has 2 heterocycles. The number of carbonyl (C=O) groups excluding carboxylic acids is 1. The summed E-state index contributed by atoms with van der Waals surface area (Å²) in [6, 6.07) is 14.8. The summed E-state index contributed by atoms with van der Waals surface area (Å²) in [6.45, 7) is 5.86. The van der Waals surface area contributed by atoms with Crippen molar-refractivity contribution in [2.24, 2.45) is 0 Å². The van der Waals surface area contributed by atoms with Gasteiger partial charge in [-0.25, -0.2) is 0 Å². The fraction of sp³-hybridized carbons (Fsp3) is 0.421. The van der Waals surface area contributed by atoms with E-state index in [0.717, 1.165) is 55.6 Å². The van der Waals surface area contributed by atoms with Gasteiger partial charge in [-0.3, -0.25) is 9.69 Å². The van der Waals surface area contributed by atoms with Crippen molar-refractivity contribution < 1.29 is 4.79 Å². The molecule has 120 valence electrons. The van der Waals surface area contributed by atoms with Crippen LogP contribution >= 0.6 is 0 Å². The van der Waals surface area contributed by atoms with Crippen molar-refractivity contribution >= 4 is 16.7 Å². The van der Waals surface area contributed by atoms with Gasteiger partial charge >= 0.3 is 0 Å². The smallest absolute Gasteiger partial charge is 0.254 e. The Labute approximate surface area is 137 Å². The molecule has 1 atom stereocenters. The molecule has 0 radical (unpaired) electrons. The lowest BCUT2D eigenvalue weighted by Gasteiger charge is -2.38. The Morgan fingerprint density at radius 1 is 1.00 bits per heavy atom. The van der Waals surface area contributed by atoms with Crippen LogP contribution in [0.2, 0.25) is 0 Å². The molecule has 4 heteroatoms. The summed E-state index contributed by atoms with van der Waals surface area (Å²) in [6.07, 6.45) is 1.23. The first-order chi connectivity index (χ1) is 11.3. The van der Waals surface area contributed by atoms with E-state index in [2.05, 4.69) is 22.3 Å². The van der Waals surface area contributed by atoms with Crippen molar-refractivity contribution in [3.63, 3.8) is 0 Å². The molecule has 0 saturated carbocycles. The summed E-state index contributed by atoms with van der Waals surface area (Å²) >= 11 is 0. The SMILES string of the molecule is O=C(c1cccc2ccccc12)N1CCN(C2CCNC2)CC1. The molecule has 4 rings (SSSR count). The zero-order valence-electron chi connectivity index (χ0n) is 13.4. The third-order valence-electron chi connectivity index (χ3n) is 5.17. The fourth-order valence-electron chi connectivity index (χ4n) is 3.82. The van der Waals surface area contributed by atoms with E-state index in [0.29, 0.717) is 6.04 Å². The number of hydrogen-bond acceptors (Lipinski definition) is 3. The first-order valence-corrected chi connectivity index (χ1v) is 8.55. The van der Waals surface area contributed by atoms with Gasteiger partial charge in [0.1, 0.15) is 0 Å². The highest BCUT2D eigenvalue weighted by Crippen LogP contribution is 2.21. The highest BCUT2D eigenvalue weighted by atomic mass is 16.2. The molecule has 0 aromatic heterocycles. The molecule has 0 spiro atoms. The van der Waals surface area contributed by atoms with E-state index < -0.39 is 0 Å². The van der Waals surface area contributed by atoms with Crippen LogP contribution in [0.25, 0.3) is 10.8 Å². The van der Waals surface area contributed by atoms with Crippen LogP contribution in [0.3, 0.4) is 0 Å². The maximum atomic E-state index is 12.9. The number of carbonyl (C=O) groups is 1.